The van der Waals surface area contributed by atoms with Crippen LogP contribution in [0.4, 0.5) is 16.2 Å². The van der Waals surface area contributed by atoms with Gasteiger partial charge in [-0.15, -0.1) is 0 Å². The van der Waals surface area contributed by atoms with Crippen molar-refractivity contribution in [3.8, 4) is 0 Å². The predicted octanol–water partition coefficient (Wildman–Crippen LogP) is 2.73. The van der Waals surface area contributed by atoms with Crippen LogP contribution in [-0.4, -0.2) is 24.5 Å². The van der Waals surface area contributed by atoms with Gasteiger partial charge in [-0.3, -0.25) is 4.79 Å². The first-order chi connectivity index (χ1) is 9.56. The van der Waals surface area contributed by atoms with Crippen molar-refractivity contribution in [3.05, 3.63) is 24.3 Å². The Morgan fingerprint density at radius 2 is 1.90 bits per heavy atom. The van der Waals surface area contributed by atoms with Crippen LogP contribution in [0.5, 0.6) is 0 Å². The van der Waals surface area contributed by atoms with Crippen LogP contribution in [0.15, 0.2) is 24.3 Å². The predicted molar refractivity (Wildman–Crippen MR) is 79.9 cm³/mol. The summed E-state index contributed by atoms with van der Waals surface area (Å²) in [6.07, 6.45) is 2.64. The molecule has 0 unspecified atom stereocenters. The minimum absolute atomic E-state index is 0.0974. The van der Waals surface area contributed by atoms with Crippen molar-refractivity contribution >= 4 is 23.3 Å². The third-order valence-electron chi connectivity index (χ3n) is 3.18. The number of amides is 3. The Morgan fingerprint density at radius 3 is 2.50 bits per heavy atom. The summed E-state index contributed by atoms with van der Waals surface area (Å²) in [5.41, 5.74) is 1.61. The van der Waals surface area contributed by atoms with Gasteiger partial charge in [-0.05, 0) is 51.0 Å². The van der Waals surface area contributed by atoms with Gasteiger partial charge in [-0.25, -0.2) is 4.79 Å². The molecule has 0 saturated carbocycles. The molecule has 108 valence electrons. The van der Waals surface area contributed by atoms with Gasteiger partial charge in [-0.2, -0.15) is 0 Å². The highest BCUT2D eigenvalue weighted by atomic mass is 16.2. The van der Waals surface area contributed by atoms with Crippen molar-refractivity contribution in [3.63, 3.8) is 0 Å². The lowest BCUT2D eigenvalue weighted by atomic mass is 10.1. The zero-order valence-electron chi connectivity index (χ0n) is 12.0. The van der Waals surface area contributed by atoms with Crippen LogP contribution in [0, 0.1) is 0 Å². The van der Waals surface area contributed by atoms with Crippen molar-refractivity contribution in [2.24, 2.45) is 0 Å². The highest BCUT2D eigenvalue weighted by Crippen LogP contribution is 2.22. The summed E-state index contributed by atoms with van der Waals surface area (Å²) in [4.78, 5) is 25.2. The maximum Gasteiger partial charge on any atom is 0.319 e. The van der Waals surface area contributed by atoms with Crippen LogP contribution >= 0.6 is 0 Å². The van der Waals surface area contributed by atoms with Crippen LogP contribution in [0.2, 0.25) is 0 Å². The second kappa shape index (κ2) is 6.41. The van der Waals surface area contributed by atoms with E-state index in [0.717, 1.165) is 30.8 Å². The molecular weight excluding hydrogens is 254 g/mol. The van der Waals surface area contributed by atoms with Crippen LogP contribution in [0.3, 0.4) is 0 Å². The van der Waals surface area contributed by atoms with Crippen LogP contribution in [0.25, 0.3) is 0 Å². The SMILES string of the molecule is CC(C)NC(=O)Nc1ccc(N2CCCCC2=O)cc1. The molecule has 1 aliphatic rings. The number of hydrogen-bond donors (Lipinski definition) is 2. The summed E-state index contributed by atoms with van der Waals surface area (Å²) in [6, 6.07) is 7.25. The second-order valence-corrected chi connectivity index (χ2v) is 5.30. The van der Waals surface area contributed by atoms with E-state index < -0.39 is 0 Å². The first kappa shape index (κ1) is 14.4. The lowest BCUT2D eigenvalue weighted by Gasteiger charge is -2.26. The fraction of sp³-hybridized carbons (Fsp3) is 0.467. The quantitative estimate of drug-likeness (QED) is 0.891. The van der Waals surface area contributed by atoms with Gasteiger partial charge in [0, 0.05) is 30.4 Å². The fourth-order valence-electron chi connectivity index (χ4n) is 2.23. The van der Waals surface area contributed by atoms with E-state index in [0.29, 0.717) is 6.42 Å². The molecule has 0 atom stereocenters. The highest BCUT2D eigenvalue weighted by Gasteiger charge is 2.19. The van der Waals surface area contributed by atoms with Gasteiger partial charge in [0.1, 0.15) is 0 Å². The molecule has 2 N–H and O–H groups in total. The van der Waals surface area contributed by atoms with Crippen molar-refractivity contribution in [1.29, 1.82) is 0 Å². The van der Waals surface area contributed by atoms with Crippen molar-refractivity contribution in [2.75, 3.05) is 16.8 Å². The molecular formula is C15H21N3O2. The zero-order chi connectivity index (χ0) is 14.5. The molecule has 0 aliphatic carbocycles. The number of nitrogens with zero attached hydrogens (tertiary/aromatic N) is 1. The molecule has 3 amide bonds. The topological polar surface area (TPSA) is 61.4 Å². The molecule has 20 heavy (non-hydrogen) atoms. The van der Waals surface area contributed by atoms with E-state index in [1.807, 2.05) is 43.0 Å². The average molecular weight is 275 g/mol. The second-order valence-electron chi connectivity index (χ2n) is 5.30. The van der Waals surface area contributed by atoms with Gasteiger partial charge in [-0.1, -0.05) is 0 Å². The Hall–Kier alpha value is -2.04. The monoisotopic (exact) mass is 275 g/mol. The minimum atomic E-state index is -0.221. The van der Waals surface area contributed by atoms with Crippen LogP contribution in [0.1, 0.15) is 33.1 Å². The van der Waals surface area contributed by atoms with E-state index in [1.165, 1.54) is 0 Å². The number of anilines is 2. The Labute approximate surface area is 119 Å². The number of benzene rings is 1. The molecule has 0 radical (unpaired) electrons. The molecule has 1 saturated heterocycles. The van der Waals surface area contributed by atoms with E-state index >= 15 is 0 Å². The van der Waals surface area contributed by atoms with Crippen LogP contribution in [-0.2, 0) is 4.79 Å². The number of carbonyl (C=O) groups is 2. The zero-order valence-corrected chi connectivity index (χ0v) is 12.0. The van der Waals surface area contributed by atoms with Gasteiger partial charge in [0.05, 0.1) is 0 Å². The molecule has 1 fully saturated rings. The summed E-state index contributed by atoms with van der Waals surface area (Å²) in [7, 11) is 0. The summed E-state index contributed by atoms with van der Waals surface area (Å²) in [5.74, 6) is 0.175. The first-order valence-corrected chi connectivity index (χ1v) is 7.04. The number of nitrogens with one attached hydrogen (secondary N) is 2. The Kier molecular flexibility index (Phi) is 4.61. The number of rotatable bonds is 3. The Morgan fingerprint density at radius 1 is 1.20 bits per heavy atom. The van der Waals surface area contributed by atoms with Crippen LogP contribution < -0.4 is 15.5 Å². The van der Waals surface area contributed by atoms with Gasteiger partial charge in [0.15, 0.2) is 0 Å². The Bertz CT molecular complexity index is 482. The molecule has 0 bridgehead atoms. The average Bonchev–Trinajstić information content (AvgIpc) is 2.39. The van der Waals surface area contributed by atoms with Crippen molar-refractivity contribution in [1.82, 2.24) is 5.32 Å². The van der Waals surface area contributed by atoms with E-state index in [1.54, 1.807) is 0 Å². The fourth-order valence-corrected chi connectivity index (χ4v) is 2.23. The van der Waals surface area contributed by atoms with E-state index in [-0.39, 0.29) is 18.0 Å². The Balaban J connectivity index is 1.99. The van der Waals surface area contributed by atoms with Gasteiger partial charge in [0.25, 0.3) is 0 Å². The number of urea groups is 1. The molecule has 0 aromatic heterocycles. The lowest BCUT2D eigenvalue weighted by molar-refractivity contribution is -0.119. The largest absolute Gasteiger partial charge is 0.336 e. The summed E-state index contributed by atoms with van der Waals surface area (Å²) in [5, 5.41) is 5.52. The molecule has 1 aromatic carbocycles. The lowest BCUT2D eigenvalue weighted by Crippen LogP contribution is -2.35. The molecule has 1 aromatic rings. The molecule has 5 nitrogen and oxygen atoms in total. The molecule has 5 heteroatoms. The van der Waals surface area contributed by atoms with Gasteiger partial charge < -0.3 is 15.5 Å². The van der Waals surface area contributed by atoms with Crippen molar-refractivity contribution in [2.45, 2.75) is 39.2 Å². The highest BCUT2D eigenvalue weighted by molar-refractivity contribution is 5.94. The smallest absolute Gasteiger partial charge is 0.319 e. The molecule has 1 aliphatic heterocycles. The summed E-state index contributed by atoms with van der Waals surface area (Å²) < 4.78 is 0. The third-order valence-corrected chi connectivity index (χ3v) is 3.18. The summed E-state index contributed by atoms with van der Waals surface area (Å²) in [6.45, 7) is 4.59. The van der Waals surface area contributed by atoms with Gasteiger partial charge in [0.2, 0.25) is 5.91 Å². The first-order valence-electron chi connectivity index (χ1n) is 7.04. The van der Waals surface area contributed by atoms with E-state index in [2.05, 4.69) is 10.6 Å². The van der Waals surface area contributed by atoms with E-state index in [4.69, 9.17) is 0 Å². The summed E-state index contributed by atoms with van der Waals surface area (Å²) >= 11 is 0. The maximum atomic E-state index is 11.8. The molecule has 1 heterocycles. The number of hydrogen-bond acceptors (Lipinski definition) is 2. The third kappa shape index (κ3) is 3.73. The van der Waals surface area contributed by atoms with E-state index in [9.17, 15) is 9.59 Å². The van der Waals surface area contributed by atoms with Gasteiger partial charge >= 0.3 is 6.03 Å². The van der Waals surface area contributed by atoms with Crippen molar-refractivity contribution < 1.29 is 9.59 Å². The molecule has 2 rings (SSSR count). The molecule has 0 spiro atoms. The minimum Gasteiger partial charge on any atom is -0.336 e. The maximum absolute atomic E-state index is 11.8. The number of carbonyl (C=O) groups excluding carboxylic acids is 2. The number of piperidine rings is 1. The normalized spacial score (nSPS) is 15.3. The standard InChI is InChI=1S/C15H21N3O2/c1-11(2)16-15(20)17-12-6-8-13(9-7-12)18-10-4-3-5-14(18)19/h6-9,11H,3-5,10H2,1-2H3,(H2,16,17,20).